The molecule has 3 fully saturated rings. The van der Waals surface area contributed by atoms with Crippen LogP contribution in [0.3, 0.4) is 0 Å². The summed E-state index contributed by atoms with van der Waals surface area (Å²) in [6.07, 6.45) is -0.347. The van der Waals surface area contributed by atoms with Gasteiger partial charge in [0.1, 0.15) is 11.9 Å². The van der Waals surface area contributed by atoms with Crippen LogP contribution in [0.15, 0.2) is 12.2 Å². The fourth-order valence-electron chi connectivity index (χ4n) is 7.31. The van der Waals surface area contributed by atoms with Crippen molar-refractivity contribution in [3.05, 3.63) is 12.2 Å². The van der Waals surface area contributed by atoms with Crippen molar-refractivity contribution in [2.24, 2.45) is 34.5 Å². The number of allylic oxidation sites excluding steroid dienone is 2. The first-order chi connectivity index (χ1) is 15.1. The van der Waals surface area contributed by atoms with Gasteiger partial charge in [0, 0.05) is 17.8 Å². The number of halogens is 7. The Hall–Kier alpha value is -1.61. The number of alkyl halides is 7. The van der Waals surface area contributed by atoms with Crippen LogP contribution < -0.4 is 0 Å². The first-order valence-electron chi connectivity index (χ1n) is 11.3. The SMILES string of the molecule is C[C@]12CC=CC[C@@H]1C(=O)C[C@@H]1[C@@H]2CC[C@]2(C)[C@@H](OC(=O)C(F)(F)C(F)(F)C(F)(F)F)CC[C@@H]12. The predicted octanol–water partition coefficient (Wildman–Crippen LogP) is 6.12. The predicted molar refractivity (Wildman–Crippen MR) is 102 cm³/mol. The van der Waals surface area contributed by atoms with Crippen LogP contribution in [0.2, 0.25) is 0 Å². The van der Waals surface area contributed by atoms with Crippen LogP contribution in [-0.4, -0.2) is 35.9 Å². The number of carbonyl (C=O) groups excluding carboxylic acids is 2. The molecule has 33 heavy (non-hydrogen) atoms. The second-order valence-electron chi connectivity index (χ2n) is 10.7. The molecule has 7 atom stereocenters. The minimum Gasteiger partial charge on any atom is -0.457 e. The molecule has 0 aromatic carbocycles. The smallest absolute Gasteiger partial charge is 0.457 e. The quantitative estimate of drug-likeness (QED) is 0.276. The molecule has 0 aromatic heterocycles. The maximum atomic E-state index is 13.9. The van der Waals surface area contributed by atoms with Crippen molar-refractivity contribution < 1.29 is 45.1 Å². The fourth-order valence-corrected chi connectivity index (χ4v) is 7.31. The lowest BCUT2D eigenvalue weighted by atomic mass is 9.45. The Labute approximate surface area is 187 Å². The number of esters is 1. The largest absolute Gasteiger partial charge is 0.460 e. The van der Waals surface area contributed by atoms with Crippen molar-refractivity contribution in [3.63, 3.8) is 0 Å². The number of rotatable bonds is 3. The summed E-state index contributed by atoms with van der Waals surface area (Å²) in [7, 11) is 0. The van der Waals surface area contributed by atoms with E-state index in [-0.39, 0.29) is 41.3 Å². The van der Waals surface area contributed by atoms with Crippen molar-refractivity contribution in [1.82, 2.24) is 0 Å². The maximum Gasteiger partial charge on any atom is 0.460 e. The molecule has 186 valence electrons. The molecule has 0 saturated heterocycles. The standard InChI is InChI=1S/C23H27F7O3/c1-19-9-4-3-5-15(19)16(31)11-12-13-6-7-17(20(13,2)10-8-14(12)19)33-18(32)21(24,25)22(26,27)23(28,29)30/h3-4,12-15,17H,5-11H2,1-2H3/t12-,13-,14-,15+,17-,19+,20-/m0/s1. The minimum atomic E-state index is -6.60. The first kappa shape index (κ1) is 24.5. The van der Waals surface area contributed by atoms with Gasteiger partial charge in [-0.15, -0.1) is 0 Å². The fraction of sp³-hybridized carbons (Fsp3) is 0.826. The van der Waals surface area contributed by atoms with Crippen LogP contribution in [0.1, 0.15) is 58.8 Å². The summed E-state index contributed by atoms with van der Waals surface area (Å²) in [4.78, 5) is 24.9. The van der Waals surface area contributed by atoms with E-state index in [1.54, 1.807) is 6.92 Å². The maximum absolute atomic E-state index is 13.9. The van der Waals surface area contributed by atoms with E-state index in [2.05, 4.69) is 13.0 Å². The van der Waals surface area contributed by atoms with Gasteiger partial charge in [0.2, 0.25) is 0 Å². The molecule has 0 heterocycles. The van der Waals surface area contributed by atoms with Crippen molar-refractivity contribution >= 4 is 11.8 Å². The molecule has 0 spiro atoms. The van der Waals surface area contributed by atoms with Crippen LogP contribution in [0.25, 0.3) is 0 Å². The van der Waals surface area contributed by atoms with Crippen molar-refractivity contribution in [1.29, 1.82) is 0 Å². The number of hydrogen-bond acceptors (Lipinski definition) is 3. The van der Waals surface area contributed by atoms with E-state index in [1.165, 1.54) is 0 Å². The number of Topliss-reactive ketones (excluding diaryl/α,β-unsaturated/α-hetero) is 1. The monoisotopic (exact) mass is 484 g/mol. The normalized spacial score (nSPS) is 41.2. The third-order valence-electron chi connectivity index (χ3n) is 9.17. The summed E-state index contributed by atoms with van der Waals surface area (Å²) >= 11 is 0. The Morgan fingerprint density at radius 3 is 2.24 bits per heavy atom. The van der Waals surface area contributed by atoms with Crippen molar-refractivity contribution in [2.75, 3.05) is 0 Å². The van der Waals surface area contributed by atoms with Crippen LogP contribution in [0, 0.1) is 34.5 Å². The average molecular weight is 484 g/mol. The third-order valence-corrected chi connectivity index (χ3v) is 9.17. The molecule has 10 heteroatoms. The van der Waals surface area contributed by atoms with E-state index in [9.17, 15) is 40.3 Å². The summed E-state index contributed by atoms with van der Waals surface area (Å²) in [5.74, 6) is -15.4. The lowest BCUT2D eigenvalue weighted by Crippen LogP contribution is -2.58. The van der Waals surface area contributed by atoms with Crippen LogP contribution in [0.5, 0.6) is 0 Å². The Morgan fingerprint density at radius 2 is 1.61 bits per heavy atom. The van der Waals surface area contributed by atoms with Crippen molar-refractivity contribution in [3.8, 4) is 0 Å². The van der Waals surface area contributed by atoms with Gasteiger partial charge >= 0.3 is 24.0 Å². The molecule has 4 aliphatic carbocycles. The summed E-state index contributed by atoms with van der Waals surface area (Å²) in [6, 6.07) is 0. The van der Waals surface area contributed by atoms with E-state index in [0.717, 1.165) is 6.42 Å². The third kappa shape index (κ3) is 3.36. The molecular formula is C23H27F7O3. The van der Waals surface area contributed by atoms with Gasteiger partial charge in [-0.05, 0) is 61.7 Å². The molecular weight excluding hydrogens is 457 g/mol. The number of ether oxygens (including phenoxy) is 1. The summed E-state index contributed by atoms with van der Waals surface area (Å²) < 4.78 is 96.4. The Balaban J connectivity index is 1.55. The zero-order valence-corrected chi connectivity index (χ0v) is 18.4. The van der Waals surface area contributed by atoms with Crippen molar-refractivity contribution in [2.45, 2.75) is 82.9 Å². The highest BCUT2D eigenvalue weighted by atomic mass is 19.4. The van der Waals surface area contributed by atoms with Gasteiger partial charge in [-0.2, -0.15) is 30.7 Å². The average Bonchev–Trinajstić information content (AvgIpc) is 3.03. The molecule has 0 bridgehead atoms. The van der Waals surface area contributed by atoms with E-state index < -0.39 is 35.5 Å². The zero-order valence-electron chi connectivity index (χ0n) is 18.4. The second-order valence-corrected chi connectivity index (χ2v) is 10.7. The highest BCUT2D eigenvalue weighted by Crippen LogP contribution is 2.65. The highest BCUT2D eigenvalue weighted by Gasteiger charge is 2.77. The van der Waals surface area contributed by atoms with Crippen LogP contribution in [-0.2, 0) is 14.3 Å². The van der Waals surface area contributed by atoms with E-state index in [0.29, 0.717) is 32.1 Å². The topological polar surface area (TPSA) is 43.4 Å². The molecule has 4 aliphatic rings. The van der Waals surface area contributed by atoms with E-state index >= 15 is 0 Å². The van der Waals surface area contributed by atoms with Crippen LogP contribution >= 0.6 is 0 Å². The highest BCUT2D eigenvalue weighted by molar-refractivity contribution is 5.83. The van der Waals surface area contributed by atoms with E-state index in [1.807, 2.05) is 6.08 Å². The van der Waals surface area contributed by atoms with Gasteiger partial charge in [0.15, 0.2) is 0 Å². The molecule has 0 aliphatic heterocycles. The molecule has 4 rings (SSSR count). The second kappa shape index (κ2) is 7.44. The summed E-state index contributed by atoms with van der Waals surface area (Å²) in [5.41, 5.74) is -1.10. The molecule has 0 unspecified atom stereocenters. The summed E-state index contributed by atoms with van der Waals surface area (Å²) in [5, 5.41) is 0. The van der Waals surface area contributed by atoms with E-state index in [4.69, 9.17) is 4.74 Å². The lowest BCUT2D eigenvalue weighted by molar-refractivity contribution is -0.349. The number of carbonyl (C=O) groups is 2. The van der Waals surface area contributed by atoms with Gasteiger partial charge in [-0.25, -0.2) is 4.79 Å². The Kier molecular flexibility index (Phi) is 5.53. The van der Waals surface area contributed by atoms with Gasteiger partial charge in [0.05, 0.1) is 0 Å². The minimum absolute atomic E-state index is 0.0650. The molecule has 0 N–H and O–H groups in total. The first-order valence-corrected chi connectivity index (χ1v) is 11.3. The lowest BCUT2D eigenvalue weighted by Gasteiger charge is -2.58. The van der Waals surface area contributed by atoms with Gasteiger partial charge in [-0.3, -0.25) is 4.79 Å². The molecule has 3 saturated carbocycles. The number of fused-ring (bicyclic) bond motifs is 5. The number of ketones is 1. The summed E-state index contributed by atoms with van der Waals surface area (Å²) in [6.45, 7) is 3.81. The Bertz CT molecular complexity index is 867. The molecule has 0 aromatic rings. The molecule has 0 amide bonds. The van der Waals surface area contributed by atoms with Crippen LogP contribution in [0.4, 0.5) is 30.7 Å². The zero-order chi connectivity index (χ0) is 24.6. The van der Waals surface area contributed by atoms with Gasteiger partial charge in [-0.1, -0.05) is 26.0 Å². The molecule has 3 nitrogen and oxygen atoms in total. The molecule has 0 radical (unpaired) electrons. The Morgan fingerprint density at radius 1 is 0.970 bits per heavy atom. The van der Waals surface area contributed by atoms with Gasteiger partial charge < -0.3 is 4.74 Å². The number of hydrogen-bond donors (Lipinski definition) is 0. The van der Waals surface area contributed by atoms with Gasteiger partial charge in [0.25, 0.3) is 0 Å².